The van der Waals surface area contributed by atoms with Gasteiger partial charge in [0.2, 0.25) is 0 Å². The van der Waals surface area contributed by atoms with Crippen LogP contribution in [0.5, 0.6) is 0 Å². The predicted molar refractivity (Wildman–Crippen MR) is 131 cm³/mol. The zero-order valence-electron chi connectivity index (χ0n) is 21.9. The number of fused-ring (bicyclic) bond motifs is 7. The average molecular weight is 427 g/mol. The van der Waals surface area contributed by atoms with E-state index in [1.807, 2.05) is 0 Å². The van der Waals surface area contributed by atoms with Gasteiger partial charge in [-0.15, -0.1) is 0 Å². The fourth-order valence-electron chi connectivity index (χ4n) is 10.4. The van der Waals surface area contributed by atoms with Crippen molar-refractivity contribution in [3.8, 4) is 0 Å². The molecular formula is C30H50O. The summed E-state index contributed by atoms with van der Waals surface area (Å²) in [6, 6.07) is 0. The Kier molecular flexibility index (Phi) is 4.66. The summed E-state index contributed by atoms with van der Waals surface area (Å²) in [6.45, 7) is 20.5. The van der Waals surface area contributed by atoms with Crippen molar-refractivity contribution in [2.75, 3.05) is 0 Å². The zero-order chi connectivity index (χ0) is 22.7. The highest BCUT2D eigenvalue weighted by atomic mass is 16.3. The van der Waals surface area contributed by atoms with Crippen molar-refractivity contribution >= 4 is 0 Å². The first-order valence-corrected chi connectivity index (χ1v) is 13.6. The highest BCUT2D eigenvalue weighted by Gasteiger charge is 2.69. The highest BCUT2D eigenvalue weighted by Crippen LogP contribution is 2.77. The second-order valence-electron chi connectivity index (χ2n) is 15.2. The number of hydrogen-bond donors (Lipinski definition) is 1. The third-order valence-electron chi connectivity index (χ3n) is 13.1. The van der Waals surface area contributed by atoms with Gasteiger partial charge in [-0.05, 0) is 109 Å². The molecule has 0 heterocycles. The summed E-state index contributed by atoms with van der Waals surface area (Å²) in [6.07, 6.45) is 15.9. The number of rotatable bonds is 0. The van der Waals surface area contributed by atoms with Crippen LogP contribution in [0.15, 0.2) is 11.6 Å². The van der Waals surface area contributed by atoms with Crippen molar-refractivity contribution in [1.29, 1.82) is 0 Å². The van der Waals surface area contributed by atoms with Crippen molar-refractivity contribution in [2.24, 2.45) is 50.2 Å². The maximum absolute atomic E-state index is 10.8. The Labute approximate surface area is 192 Å². The first-order valence-electron chi connectivity index (χ1n) is 13.6. The van der Waals surface area contributed by atoms with Crippen molar-refractivity contribution in [2.45, 2.75) is 126 Å². The van der Waals surface area contributed by atoms with E-state index in [1.165, 1.54) is 57.8 Å². The minimum Gasteiger partial charge on any atom is -0.392 e. The van der Waals surface area contributed by atoms with E-state index in [4.69, 9.17) is 0 Å². The molecule has 0 spiro atoms. The second kappa shape index (κ2) is 6.43. The van der Waals surface area contributed by atoms with E-state index in [0.29, 0.717) is 33.0 Å². The van der Waals surface area contributed by atoms with Gasteiger partial charge < -0.3 is 5.11 Å². The van der Waals surface area contributed by atoms with Crippen LogP contribution in [0.25, 0.3) is 0 Å². The van der Waals surface area contributed by atoms with Crippen molar-refractivity contribution in [3.63, 3.8) is 0 Å². The van der Waals surface area contributed by atoms with Gasteiger partial charge in [0.25, 0.3) is 0 Å². The molecule has 0 bridgehead atoms. The SMILES string of the molecule is CC1(C)CC[C@@]2(C)CC[C@@]3(C)[C@@H]4CC=C5[C@H](CC[C@@H](O)C5(C)C)[C@@]4(C)CC[C@]3(C)[C@H]2C1. The molecule has 0 saturated heterocycles. The van der Waals surface area contributed by atoms with Crippen LogP contribution in [0.1, 0.15) is 120 Å². The minimum atomic E-state index is -0.167. The molecule has 0 unspecified atom stereocenters. The second-order valence-corrected chi connectivity index (χ2v) is 15.2. The Morgan fingerprint density at radius 1 is 0.742 bits per heavy atom. The molecule has 5 rings (SSSR count). The summed E-state index contributed by atoms with van der Waals surface area (Å²) in [5, 5.41) is 10.8. The molecule has 31 heavy (non-hydrogen) atoms. The third-order valence-corrected chi connectivity index (χ3v) is 13.1. The zero-order valence-corrected chi connectivity index (χ0v) is 21.9. The van der Waals surface area contributed by atoms with E-state index in [1.54, 1.807) is 5.57 Å². The van der Waals surface area contributed by atoms with Crippen LogP contribution in [0.2, 0.25) is 0 Å². The standard InChI is InChI=1S/C30H50O/c1-25(2)13-14-27(5)15-17-29(7)22-11-9-20-21(10-12-24(31)26(20,3)4)28(22,6)16-18-30(29,8)23(27)19-25/h9,21-24,31H,10-19H2,1-8H3/t21-,22+,23-,24+,27-,28+,29-,30+/m0/s1. The summed E-state index contributed by atoms with van der Waals surface area (Å²) in [7, 11) is 0. The number of aliphatic hydroxyl groups excluding tert-OH is 1. The lowest BCUT2D eigenvalue weighted by molar-refractivity contribution is -0.230. The summed E-state index contributed by atoms with van der Waals surface area (Å²) < 4.78 is 0. The Balaban J connectivity index is 1.57. The molecule has 0 aliphatic heterocycles. The molecule has 0 aromatic rings. The fourth-order valence-corrected chi connectivity index (χ4v) is 10.4. The van der Waals surface area contributed by atoms with Crippen LogP contribution in [-0.4, -0.2) is 11.2 Å². The van der Waals surface area contributed by atoms with Gasteiger partial charge in [0.05, 0.1) is 6.10 Å². The Hall–Kier alpha value is -0.300. The van der Waals surface area contributed by atoms with Gasteiger partial charge in [-0.3, -0.25) is 0 Å². The van der Waals surface area contributed by atoms with Gasteiger partial charge in [-0.25, -0.2) is 0 Å². The van der Waals surface area contributed by atoms with E-state index < -0.39 is 0 Å². The van der Waals surface area contributed by atoms with Gasteiger partial charge in [0.15, 0.2) is 0 Å². The highest BCUT2D eigenvalue weighted by molar-refractivity contribution is 5.30. The van der Waals surface area contributed by atoms with Gasteiger partial charge >= 0.3 is 0 Å². The Morgan fingerprint density at radius 3 is 2.06 bits per heavy atom. The monoisotopic (exact) mass is 426 g/mol. The molecule has 8 atom stereocenters. The predicted octanol–water partition coefficient (Wildman–Crippen LogP) is 8.17. The molecule has 1 heteroatoms. The minimum absolute atomic E-state index is 0.0446. The molecule has 0 aromatic heterocycles. The Morgan fingerprint density at radius 2 is 1.35 bits per heavy atom. The topological polar surface area (TPSA) is 20.2 Å². The lowest BCUT2D eigenvalue weighted by Gasteiger charge is -2.73. The van der Waals surface area contributed by atoms with Crippen molar-refractivity contribution < 1.29 is 5.11 Å². The molecule has 176 valence electrons. The maximum Gasteiger partial charge on any atom is 0.0628 e. The van der Waals surface area contributed by atoms with E-state index in [-0.39, 0.29) is 11.5 Å². The molecule has 0 radical (unpaired) electrons. The summed E-state index contributed by atoms with van der Waals surface area (Å²) in [5.74, 6) is 2.36. The van der Waals surface area contributed by atoms with Gasteiger partial charge in [0, 0.05) is 5.41 Å². The van der Waals surface area contributed by atoms with E-state index in [2.05, 4.69) is 61.5 Å². The molecule has 1 N–H and O–H groups in total. The van der Waals surface area contributed by atoms with Gasteiger partial charge in [0.1, 0.15) is 0 Å². The first kappa shape index (κ1) is 22.5. The van der Waals surface area contributed by atoms with Crippen LogP contribution in [0, 0.1) is 50.2 Å². The molecule has 5 aliphatic carbocycles. The normalized spacial score (nSPS) is 55.2. The lowest BCUT2D eigenvalue weighted by Crippen LogP contribution is -2.65. The molecule has 4 fully saturated rings. The average Bonchev–Trinajstić information content (AvgIpc) is 2.68. The number of allylic oxidation sites excluding steroid dienone is 1. The van der Waals surface area contributed by atoms with Gasteiger partial charge in [-0.1, -0.05) is 67.0 Å². The summed E-state index contributed by atoms with van der Waals surface area (Å²) >= 11 is 0. The van der Waals surface area contributed by atoms with Crippen LogP contribution in [0.3, 0.4) is 0 Å². The van der Waals surface area contributed by atoms with Crippen LogP contribution in [0.4, 0.5) is 0 Å². The smallest absolute Gasteiger partial charge is 0.0628 e. The van der Waals surface area contributed by atoms with Crippen LogP contribution in [-0.2, 0) is 0 Å². The molecular weight excluding hydrogens is 376 g/mol. The third kappa shape index (κ3) is 2.77. The molecule has 1 nitrogen and oxygen atoms in total. The number of aliphatic hydroxyl groups is 1. The molecule has 5 aliphatic rings. The number of hydrogen-bond acceptors (Lipinski definition) is 1. The molecule has 0 aromatic carbocycles. The van der Waals surface area contributed by atoms with E-state index in [9.17, 15) is 5.11 Å². The van der Waals surface area contributed by atoms with Crippen molar-refractivity contribution in [1.82, 2.24) is 0 Å². The van der Waals surface area contributed by atoms with Crippen molar-refractivity contribution in [3.05, 3.63) is 11.6 Å². The largest absolute Gasteiger partial charge is 0.392 e. The maximum atomic E-state index is 10.8. The molecule has 4 saturated carbocycles. The lowest BCUT2D eigenvalue weighted by atomic mass is 9.31. The van der Waals surface area contributed by atoms with E-state index in [0.717, 1.165) is 18.3 Å². The first-order chi connectivity index (χ1) is 14.2. The van der Waals surface area contributed by atoms with Crippen LogP contribution < -0.4 is 0 Å². The quantitative estimate of drug-likeness (QED) is 0.387. The van der Waals surface area contributed by atoms with Crippen LogP contribution >= 0.6 is 0 Å². The Bertz CT molecular complexity index is 790. The van der Waals surface area contributed by atoms with E-state index >= 15 is 0 Å². The summed E-state index contributed by atoms with van der Waals surface area (Å²) in [5.41, 5.74) is 3.96. The van der Waals surface area contributed by atoms with Gasteiger partial charge in [-0.2, -0.15) is 0 Å². The fraction of sp³-hybridized carbons (Fsp3) is 0.933. The summed E-state index contributed by atoms with van der Waals surface area (Å²) in [4.78, 5) is 0. The molecule has 0 amide bonds.